The van der Waals surface area contributed by atoms with E-state index in [2.05, 4.69) is 84.9 Å². The summed E-state index contributed by atoms with van der Waals surface area (Å²) in [6.07, 6.45) is 3.51. The van der Waals surface area contributed by atoms with E-state index >= 15 is 0 Å². The van der Waals surface area contributed by atoms with Crippen molar-refractivity contribution in [3.05, 3.63) is 107 Å². The van der Waals surface area contributed by atoms with E-state index in [1.807, 2.05) is 35.2 Å². The Labute approximate surface area is 230 Å². The molecule has 0 unspecified atom stereocenters. The predicted octanol–water partition coefficient (Wildman–Crippen LogP) is 6.83. The molecule has 3 heterocycles. The molecule has 0 N–H and O–H groups in total. The Kier molecular flexibility index (Phi) is 6.26. The zero-order valence-corrected chi connectivity index (χ0v) is 23.0. The Bertz CT molecular complexity index is 1460. The number of nitrogens with zero attached hydrogens (tertiary/aromatic N) is 4. The highest BCUT2D eigenvalue weighted by Crippen LogP contribution is 2.59. The monoisotopic (exact) mass is 518 g/mol. The predicted molar refractivity (Wildman–Crippen MR) is 157 cm³/mol. The Morgan fingerprint density at radius 3 is 1.87 bits per heavy atom. The number of fused-ring (bicyclic) bond motifs is 6. The van der Waals surface area contributed by atoms with Crippen LogP contribution in [0.1, 0.15) is 54.7 Å². The Morgan fingerprint density at radius 2 is 1.33 bits per heavy atom. The van der Waals surface area contributed by atoms with E-state index in [9.17, 15) is 4.79 Å². The first-order valence-corrected chi connectivity index (χ1v) is 13.9. The molecule has 0 saturated heterocycles. The number of benzene rings is 3. The summed E-state index contributed by atoms with van der Waals surface area (Å²) in [5.74, 6) is 1.49. The van der Waals surface area contributed by atoms with Crippen molar-refractivity contribution in [2.24, 2.45) is 0 Å². The molecule has 39 heavy (non-hydrogen) atoms. The van der Waals surface area contributed by atoms with Gasteiger partial charge < -0.3 is 14.5 Å². The lowest BCUT2D eigenvalue weighted by Gasteiger charge is -2.44. The third-order valence-corrected chi connectivity index (χ3v) is 8.18. The number of hydrogen-bond acceptors (Lipinski definition) is 5. The van der Waals surface area contributed by atoms with E-state index in [0.717, 1.165) is 71.4 Å². The van der Waals surface area contributed by atoms with E-state index in [0.29, 0.717) is 5.56 Å². The molecule has 0 bridgehead atoms. The highest BCUT2D eigenvalue weighted by atomic mass is 16.5. The fourth-order valence-electron chi connectivity index (χ4n) is 6.33. The summed E-state index contributed by atoms with van der Waals surface area (Å²) in [6, 6.07) is 24.7. The number of pyridine rings is 1. The average molecular weight is 519 g/mol. The Hall–Kier alpha value is -4.32. The molecule has 6 heteroatoms. The maximum absolute atomic E-state index is 14.3. The number of amides is 1. The molecule has 0 aliphatic carbocycles. The lowest BCUT2D eigenvalue weighted by atomic mass is 9.74. The minimum atomic E-state index is -0.900. The molecule has 0 fully saturated rings. The molecule has 1 aromatic heterocycles. The molecule has 6 rings (SSSR count). The number of ether oxygens (including phenoxy) is 1. The quantitative estimate of drug-likeness (QED) is 0.268. The van der Waals surface area contributed by atoms with Gasteiger partial charge in [-0.3, -0.25) is 14.7 Å². The van der Waals surface area contributed by atoms with Crippen LogP contribution in [0, 0.1) is 0 Å². The Morgan fingerprint density at radius 1 is 0.744 bits per heavy atom. The maximum Gasteiger partial charge on any atom is 0.260 e. The highest BCUT2D eigenvalue weighted by Gasteiger charge is 2.57. The van der Waals surface area contributed by atoms with Crippen LogP contribution in [0.5, 0.6) is 11.5 Å². The standard InChI is InChI=1S/C33H34N4O2/c1-5-35(6-2)23-15-17-28-30(20-23)39-31-21-24(36(7-3)8-4)16-18-29(31)33(28)27-14-10-9-13-26(27)32(38)37(33)25-12-11-19-34-22-25/h9-22H,5-8H2,1-4H3. The van der Waals surface area contributed by atoms with Crippen molar-refractivity contribution in [3.8, 4) is 11.5 Å². The van der Waals surface area contributed by atoms with Gasteiger partial charge in [-0.2, -0.15) is 0 Å². The molecule has 3 aromatic carbocycles. The molecule has 0 radical (unpaired) electrons. The van der Waals surface area contributed by atoms with E-state index in [1.54, 1.807) is 12.4 Å². The fraction of sp³-hybridized carbons (Fsp3) is 0.273. The van der Waals surface area contributed by atoms with Crippen molar-refractivity contribution in [1.82, 2.24) is 4.98 Å². The molecule has 0 saturated carbocycles. The van der Waals surface area contributed by atoms with Gasteiger partial charge in [0.15, 0.2) is 0 Å². The summed E-state index contributed by atoms with van der Waals surface area (Å²) >= 11 is 0. The number of anilines is 3. The zero-order chi connectivity index (χ0) is 27.1. The van der Waals surface area contributed by atoms with Crippen LogP contribution in [0.2, 0.25) is 0 Å². The number of rotatable bonds is 7. The van der Waals surface area contributed by atoms with Crippen LogP contribution >= 0.6 is 0 Å². The van der Waals surface area contributed by atoms with Crippen molar-refractivity contribution in [3.63, 3.8) is 0 Å². The van der Waals surface area contributed by atoms with Crippen molar-refractivity contribution in [2.45, 2.75) is 33.2 Å². The van der Waals surface area contributed by atoms with Gasteiger partial charge in [0.1, 0.15) is 17.0 Å². The van der Waals surface area contributed by atoms with Gasteiger partial charge >= 0.3 is 0 Å². The maximum atomic E-state index is 14.3. The topological polar surface area (TPSA) is 48.9 Å². The average Bonchev–Trinajstić information content (AvgIpc) is 3.23. The largest absolute Gasteiger partial charge is 0.456 e. The lowest BCUT2D eigenvalue weighted by molar-refractivity contribution is 0.0985. The smallest absolute Gasteiger partial charge is 0.260 e. The summed E-state index contributed by atoms with van der Waals surface area (Å²) in [7, 11) is 0. The minimum Gasteiger partial charge on any atom is -0.456 e. The summed E-state index contributed by atoms with van der Waals surface area (Å²) in [4.78, 5) is 25.2. The summed E-state index contributed by atoms with van der Waals surface area (Å²) < 4.78 is 6.75. The third-order valence-electron chi connectivity index (χ3n) is 8.18. The van der Waals surface area contributed by atoms with Crippen molar-refractivity contribution in [2.75, 3.05) is 40.9 Å². The first-order chi connectivity index (χ1) is 19.1. The molecule has 0 atom stereocenters. The molecule has 1 spiro atoms. The number of carbonyl (C=O) groups is 1. The van der Waals surface area contributed by atoms with E-state index in [-0.39, 0.29) is 5.91 Å². The molecule has 4 aromatic rings. The Balaban J connectivity index is 1.70. The summed E-state index contributed by atoms with van der Waals surface area (Å²) in [6.45, 7) is 12.2. The molecule has 6 nitrogen and oxygen atoms in total. The first kappa shape index (κ1) is 25.0. The van der Waals surface area contributed by atoms with Crippen LogP contribution in [-0.4, -0.2) is 37.1 Å². The van der Waals surface area contributed by atoms with Crippen LogP contribution in [0.15, 0.2) is 85.2 Å². The van der Waals surface area contributed by atoms with Gasteiger partial charge in [0.05, 0.1) is 11.9 Å². The normalized spacial score (nSPS) is 14.5. The number of hydrogen-bond donors (Lipinski definition) is 0. The van der Waals surface area contributed by atoms with Crippen molar-refractivity contribution < 1.29 is 9.53 Å². The zero-order valence-electron chi connectivity index (χ0n) is 23.0. The molecular weight excluding hydrogens is 484 g/mol. The van der Waals surface area contributed by atoms with Gasteiger partial charge in [-0.1, -0.05) is 30.3 Å². The van der Waals surface area contributed by atoms with Crippen LogP contribution in [0.4, 0.5) is 17.1 Å². The van der Waals surface area contributed by atoms with Gasteiger partial charge in [0.2, 0.25) is 0 Å². The van der Waals surface area contributed by atoms with Gasteiger partial charge in [0.25, 0.3) is 5.91 Å². The van der Waals surface area contributed by atoms with Crippen LogP contribution in [0.25, 0.3) is 0 Å². The van der Waals surface area contributed by atoms with Crippen LogP contribution < -0.4 is 19.4 Å². The number of aromatic nitrogens is 1. The second-order valence-electron chi connectivity index (χ2n) is 9.92. The molecule has 198 valence electrons. The second kappa shape index (κ2) is 9.77. The molecule has 1 amide bonds. The van der Waals surface area contributed by atoms with Gasteiger partial charge in [-0.25, -0.2) is 0 Å². The third kappa shape index (κ3) is 3.62. The van der Waals surface area contributed by atoms with Gasteiger partial charge in [-0.05, 0) is 58.0 Å². The van der Waals surface area contributed by atoms with E-state index in [4.69, 9.17) is 4.74 Å². The van der Waals surface area contributed by atoms with E-state index in [1.165, 1.54) is 0 Å². The fourth-order valence-corrected chi connectivity index (χ4v) is 6.33. The highest BCUT2D eigenvalue weighted by molar-refractivity contribution is 6.14. The van der Waals surface area contributed by atoms with E-state index < -0.39 is 5.54 Å². The molecule has 2 aliphatic heterocycles. The number of carbonyl (C=O) groups excluding carboxylic acids is 1. The van der Waals surface area contributed by atoms with Crippen LogP contribution in [0.3, 0.4) is 0 Å². The van der Waals surface area contributed by atoms with Crippen molar-refractivity contribution >= 4 is 23.0 Å². The van der Waals surface area contributed by atoms with Gasteiger partial charge in [-0.15, -0.1) is 0 Å². The van der Waals surface area contributed by atoms with Crippen molar-refractivity contribution in [1.29, 1.82) is 0 Å². The lowest BCUT2D eigenvalue weighted by Crippen LogP contribution is -2.47. The summed E-state index contributed by atoms with van der Waals surface area (Å²) in [5, 5.41) is 0. The summed E-state index contributed by atoms with van der Waals surface area (Å²) in [5.41, 5.74) is 5.59. The van der Waals surface area contributed by atoms with Crippen LogP contribution in [-0.2, 0) is 5.54 Å². The second-order valence-corrected chi connectivity index (χ2v) is 9.92. The molecule has 2 aliphatic rings. The molecular formula is C33H34N4O2. The minimum absolute atomic E-state index is 0.0435. The first-order valence-electron chi connectivity index (χ1n) is 13.9. The SMILES string of the molecule is CCN(CC)c1ccc2c(c1)Oc1cc(N(CC)CC)ccc1C21c2ccccc2C(=O)N1c1cccnc1. The van der Waals surface area contributed by atoms with Gasteiger partial charge in [0, 0.05) is 78.1 Å².